The lowest BCUT2D eigenvalue weighted by Crippen LogP contribution is -2.34. The van der Waals surface area contributed by atoms with Crippen LogP contribution in [-0.4, -0.2) is 38.3 Å². The number of nitrogens with one attached hydrogen (secondary N) is 1. The number of thioether (sulfide) groups is 1. The van der Waals surface area contributed by atoms with Gasteiger partial charge in [-0.05, 0) is 12.7 Å². The van der Waals surface area contributed by atoms with E-state index >= 15 is 0 Å². The lowest BCUT2D eigenvalue weighted by molar-refractivity contribution is 0.165. The molecule has 68 valence electrons. The highest BCUT2D eigenvalue weighted by atomic mass is 32.2. The topological polar surface area (TPSA) is 21.3 Å². The van der Waals surface area contributed by atoms with Gasteiger partial charge in [0.05, 0.1) is 6.61 Å². The van der Waals surface area contributed by atoms with E-state index in [-0.39, 0.29) is 0 Å². The third kappa shape index (κ3) is 6.66. The molecule has 0 amide bonds. The molecule has 0 aromatic heterocycles. The van der Waals surface area contributed by atoms with E-state index in [0.717, 1.165) is 19.6 Å². The van der Waals surface area contributed by atoms with Gasteiger partial charge in [-0.25, -0.2) is 0 Å². The molecule has 0 bridgehead atoms. The molecule has 0 radical (unpaired) electrons. The van der Waals surface area contributed by atoms with Crippen molar-refractivity contribution in [3.8, 4) is 0 Å². The Bertz CT molecular complexity index is 80.5. The van der Waals surface area contributed by atoms with Gasteiger partial charge < -0.3 is 10.1 Å². The van der Waals surface area contributed by atoms with E-state index in [1.165, 1.54) is 5.75 Å². The summed E-state index contributed by atoms with van der Waals surface area (Å²) in [6.07, 6.45) is 3.27. The third-order valence-electron chi connectivity index (χ3n) is 1.60. The van der Waals surface area contributed by atoms with E-state index in [1.54, 1.807) is 7.11 Å². The molecule has 0 aliphatic carbocycles. The van der Waals surface area contributed by atoms with Gasteiger partial charge in [-0.2, -0.15) is 11.8 Å². The monoisotopic (exact) mass is 177 g/mol. The molecule has 0 saturated heterocycles. The largest absolute Gasteiger partial charge is 0.383 e. The second-order valence-electron chi connectivity index (χ2n) is 2.51. The number of ether oxygens (including phenoxy) is 1. The minimum atomic E-state index is 0.534. The highest BCUT2D eigenvalue weighted by Gasteiger charge is 2.02. The van der Waals surface area contributed by atoms with Crippen LogP contribution in [0.4, 0.5) is 0 Å². The van der Waals surface area contributed by atoms with Crippen molar-refractivity contribution in [2.45, 2.75) is 19.4 Å². The normalized spacial score (nSPS) is 13.4. The molecule has 0 aromatic rings. The maximum Gasteiger partial charge on any atom is 0.0615 e. The maximum absolute atomic E-state index is 5.06. The van der Waals surface area contributed by atoms with Crippen molar-refractivity contribution in [3.05, 3.63) is 0 Å². The van der Waals surface area contributed by atoms with Gasteiger partial charge in [0.2, 0.25) is 0 Å². The molecule has 0 heterocycles. The Morgan fingerprint density at radius 2 is 2.27 bits per heavy atom. The minimum absolute atomic E-state index is 0.534. The van der Waals surface area contributed by atoms with Gasteiger partial charge in [0.1, 0.15) is 0 Å². The van der Waals surface area contributed by atoms with Crippen LogP contribution in [0.25, 0.3) is 0 Å². The summed E-state index contributed by atoms with van der Waals surface area (Å²) < 4.78 is 5.06. The first-order chi connectivity index (χ1) is 5.35. The van der Waals surface area contributed by atoms with E-state index in [2.05, 4.69) is 18.5 Å². The first kappa shape index (κ1) is 11.3. The summed E-state index contributed by atoms with van der Waals surface area (Å²) in [7, 11) is 1.75. The molecule has 0 spiro atoms. The van der Waals surface area contributed by atoms with Crippen LogP contribution in [0.5, 0.6) is 0 Å². The minimum Gasteiger partial charge on any atom is -0.383 e. The van der Waals surface area contributed by atoms with Crippen LogP contribution in [0.3, 0.4) is 0 Å². The molecule has 0 fully saturated rings. The van der Waals surface area contributed by atoms with Crippen LogP contribution in [0, 0.1) is 0 Å². The van der Waals surface area contributed by atoms with Crippen LogP contribution in [-0.2, 0) is 4.74 Å². The predicted molar refractivity (Wildman–Crippen MR) is 52.3 cm³/mol. The van der Waals surface area contributed by atoms with Crippen LogP contribution in [0.15, 0.2) is 0 Å². The molecule has 0 saturated carbocycles. The van der Waals surface area contributed by atoms with Crippen LogP contribution >= 0.6 is 11.8 Å². The highest BCUT2D eigenvalue weighted by molar-refractivity contribution is 7.98. The number of hydrogen-bond donors (Lipinski definition) is 1. The Labute approximate surface area is 74.1 Å². The van der Waals surface area contributed by atoms with Gasteiger partial charge in [-0.3, -0.25) is 0 Å². The second-order valence-corrected chi connectivity index (χ2v) is 3.49. The molecular weight excluding hydrogens is 158 g/mol. The second kappa shape index (κ2) is 8.37. The molecule has 11 heavy (non-hydrogen) atoms. The predicted octanol–water partition coefficient (Wildman–Crippen LogP) is 1.36. The molecule has 1 unspecified atom stereocenters. The van der Waals surface area contributed by atoms with Gasteiger partial charge >= 0.3 is 0 Å². The van der Waals surface area contributed by atoms with Gasteiger partial charge in [0.15, 0.2) is 0 Å². The zero-order valence-corrected chi connectivity index (χ0v) is 8.54. The summed E-state index contributed by atoms with van der Waals surface area (Å²) in [4.78, 5) is 0. The Morgan fingerprint density at radius 1 is 1.55 bits per heavy atom. The Kier molecular flexibility index (Phi) is 8.57. The SMILES string of the molecule is CCC(COC)NCCSC. The zero-order chi connectivity index (χ0) is 8.53. The van der Waals surface area contributed by atoms with Crippen molar-refractivity contribution in [3.63, 3.8) is 0 Å². The van der Waals surface area contributed by atoms with Crippen molar-refractivity contribution >= 4 is 11.8 Å². The lowest BCUT2D eigenvalue weighted by Gasteiger charge is -2.14. The van der Waals surface area contributed by atoms with Crippen molar-refractivity contribution in [2.75, 3.05) is 32.3 Å². The van der Waals surface area contributed by atoms with Crippen LogP contribution < -0.4 is 5.32 Å². The van der Waals surface area contributed by atoms with E-state index in [4.69, 9.17) is 4.74 Å². The molecule has 0 aromatic carbocycles. The number of hydrogen-bond acceptors (Lipinski definition) is 3. The van der Waals surface area contributed by atoms with Crippen molar-refractivity contribution in [2.24, 2.45) is 0 Å². The Morgan fingerprint density at radius 3 is 2.73 bits per heavy atom. The molecule has 0 rings (SSSR count). The molecule has 0 aliphatic rings. The summed E-state index contributed by atoms with van der Waals surface area (Å²) in [5.41, 5.74) is 0. The Hall–Kier alpha value is 0.270. The smallest absolute Gasteiger partial charge is 0.0615 e. The molecule has 1 atom stereocenters. The van der Waals surface area contributed by atoms with Crippen LogP contribution in [0.1, 0.15) is 13.3 Å². The van der Waals surface area contributed by atoms with E-state index in [1.807, 2.05) is 11.8 Å². The van der Waals surface area contributed by atoms with Crippen molar-refractivity contribution in [1.82, 2.24) is 5.32 Å². The molecule has 0 aliphatic heterocycles. The van der Waals surface area contributed by atoms with E-state index < -0.39 is 0 Å². The Balaban J connectivity index is 3.20. The number of methoxy groups -OCH3 is 1. The quantitative estimate of drug-likeness (QED) is 0.593. The lowest BCUT2D eigenvalue weighted by atomic mass is 10.2. The van der Waals surface area contributed by atoms with Gasteiger partial charge in [-0.1, -0.05) is 6.92 Å². The first-order valence-corrected chi connectivity index (χ1v) is 5.45. The molecule has 3 heteroatoms. The summed E-state index contributed by atoms with van der Waals surface area (Å²) in [5.74, 6) is 1.18. The molecule has 2 nitrogen and oxygen atoms in total. The zero-order valence-electron chi connectivity index (χ0n) is 7.72. The maximum atomic E-state index is 5.06. The van der Waals surface area contributed by atoms with Gasteiger partial charge in [0.25, 0.3) is 0 Å². The molecular formula is C8H19NOS. The third-order valence-corrected chi connectivity index (χ3v) is 2.21. The average Bonchev–Trinajstić information content (AvgIpc) is 2.03. The summed E-state index contributed by atoms with van der Waals surface area (Å²) in [6, 6.07) is 0.534. The highest BCUT2D eigenvalue weighted by Crippen LogP contribution is 1.93. The van der Waals surface area contributed by atoms with E-state index in [9.17, 15) is 0 Å². The number of rotatable bonds is 7. The molecule has 1 N–H and O–H groups in total. The fraction of sp³-hybridized carbons (Fsp3) is 1.00. The summed E-state index contributed by atoms with van der Waals surface area (Å²) in [6.45, 7) is 4.09. The fourth-order valence-corrected chi connectivity index (χ4v) is 1.21. The first-order valence-electron chi connectivity index (χ1n) is 4.06. The van der Waals surface area contributed by atoms with E-state index in [0.29, 0.717) is 6.04 Å². The van der Waals surface area contributed by atoms with Crippen molar-refractivity contribution < 1.29 is 4.74 Å². The average molecular weight is 177 g/mol. The summed E-state index contributed by atoms with van der Waals surface area (Å²) in [5, 5.41) is 3.43. The van der Waals surface area contributed by atoms with Gasteiger partial charge in [-0.15, -0.1) is 0 Å². The summed E-state index contributed by atoms with van der Waals surface area (Å²) >= 11 is 1.87. The fourth-order valence-electron chi connectivity index (χ4n) is 0.887. The standard InChI is InChI=1S/C8H19NOS/c1-4-8(7-10-2)9-5-6-11-3/h8-9H,4-7H2,1-3H3. The van der Waals surface area contributed by atoms with Gasteiger partial charge in [0, 0.05) is 25.4 Å². The van der Waals surface area contributed by atoms with Crippen molar-refractivity contribution in [1.29, 1.82) is 0 Å². The van der Waals surface area contributed by atoms with Crippen LogP contribution in [0.2, 0.25) is 0 Å².